The molecule has 5 nitrogen and oxygen atoms in total. The largest absolute Gasteiger partial charge is 0.395 e. The molecular weight excluding hydrogens is 232 g/mol. The van der Waals surface area contributed by atoms with Crippen molar-refractivity contribution in [3.05, 3.63) is 11.7 Å². The summed E-state index contributed by atoms with van der Waals surface area (Å²) in [4.78, 5) is 5.47. The van der Waals surface area contributed by atoms with Crippen LogP contribution >= 0.6 is 0 Å². The first-order valence-electron chi connectivity index (χ1n) is 5.46. The molecule has 0 aliphatic carbocycles. The lowest BCUT2D eigenvalue weighted by Crippen LogP contribution is -2.31. The molecule has 98 valence electrons. The number of hydrogen-bond donors (Lipinski definition) is 1. The smallest absolute Gasteiger partial charge is 0.251 e. The van der Waals surface area contributed by atoms with E-state index < -0.39 is 13.0 Å². The molecule has 0 unspecified atom stereocenters. The lowest BCUT2D eigenvalue weighted by Gasteiger charge is -2.18. The van der Waals surface area contributed by atoms with Crippen LogP contribution in [0.4, 0.5) is 8.78 Å². The molecule has 7 heteroatoms. The Bertz CT molecular complexity index is 331. The molecule has 0 radical (unpaired) electrons. The summed E-state index contributed by atoms with van der Waals surface area (Å²) in [5.74, 6) is 0.984. The molecule has 0 fully saturated rings. The summed E-state index contributed by atoms with van der Waals surface area (Å²) in [5.41, 5.74) is 0. The van der Waals surface area contributed by atoms with Crippen LogP contribution in [0.15, 0.2) is 4.52 Å². The van der Waals surface area contributed by atoms with Crippen LogP contribution in [-0.4, -0.2) is 46.3 Å². The highest BCUT2D eigenvalue weighted by atomic mass is 19.3. The number of aliphatic hydroxyl groups excluding tert-OH is 1. The minimum absolute atomic E-state index is 0.130. The molecule has 0 aliphatic rings. The molecular formula is C10H17F2N3O2. The quantitative estimate of drug-likeness (QED) is 0.788. The first-order valence-corrected chi connectivity index (χ1v) is 5.46. The number of halogens is 2. The predicted molar refractivity (Wildman–Crippen MR) is 56.8 cm³/mol. The van der Waals surface area contributed by atoms with Crippen molar-refractivity contribution in [3.63, 3.8) is 0 Å². The van der Waals surface area contributed by atoms with E-state index in [1.54, 1.807) is 0 Å². The maximum Gasteiger partial charge on any atom is 0.251 e. The van der Waals surface area contributed by atoms with Gasteiger partial charge in [0.2, 0.25) is 5.89 Å². The molecule has 0 saturated heterocycles. The summed E-state index contributed by atoms with van der Waals surface area (Å²) in [6.45, 7) is 3.52. The van der Waals surface area contributed by atoms with Gasteiger partial charge in [0.15, 0.2) is 5.82 Å². The van der Waals surface area contributed by atoms with Gasteiger partial charge in [-0.3, -0.25) is 4.90 Å². The Morgan fingerprint density at radius 2 is 2.12 bits per heavy atom. The van der Waals surface area contributed by atoms with E-state index in [2.05, 4.69) is 10.1 Å². The summed E-state index contributed by atoms with van der Waals surface area (Å²) < 4.78 is 29.5. The highest BCUT2D eigenvalue weighted by Crippen LogP contribution is 2.11. The van der Waals surface area contributed by atoms with Crippen LogP contribution in [0.3, 0.4) is 0 Å². The van der Waals surface area contributed by atoms with Crippen molar-refractivity contribution in [2.75, 3.05) is 19.7 Å². The van der Waals surface area contributed by atoms with Gasteiger partial charge in [0.25, 0.3) is 6.43 Å². The molecule has 1 aromatic heterocycles. The zero-order chi connectivity index (χ0) is 12.8. The molecule has 0 bridgehead atoms. The Balaban J connectivity index is 2.58. The fraction of sp³-hybridized carbons (Fsp3) is 0.800. The zero-order valence-corrected chi connectivity index (χ0v) is 9.94. The molecule has 0 aromatic carbocycles. The van der Waals surface area contributed by atoms with Crippen LogP contribution in [0.5, 0.6) is 0 Å². The predicted octanol–water partition coefficient (Wildman–Crippen LogP) is 1.25. The minimum atomic E-state index is -2.45. The first kappa shape index (κ1) is 14.0. The second-order valence-electron chi connectivity index (χ2n) is 4.05. The number of aliphatic hydroxyl groups is 1. The lowest BCUT2D eigenvalue weighted by molar-refractivity contribution is 0.0692. The van der Waals surface area contributed by atoms with Crippen molar-refractivity contribution in [2.24, 2.45) is 0 Å². The third-order valence-corrected chi connectivity index (χ3v) is 2.17. The molecule has 1 aromatic rings. The topological polar surface area (TPSA) is 62.4 Å². The van der Waals surface area contributed by atoms with Crippen molar-refractivity contribution in [2.45, 2.75) is 32.7 Å². The van der Waals surface area contributed by atoms with E-state index in [1.165, 1.54) is 4.90 Å². The number of hydrogen-bond acceptors (Lipinski definition) is 5. The second kappa shape index (κ2) is 6.61. The van der Waals surface area contributed by atoms with Gasteiger partial charge in [-0.15, -0.1) is 0 Å². The summed E-state index contributed by atoms with van der Waals surface area (Å²) in [7, 11) is 0. The van der Waals surface area contributed by atoms with E-state index >= 15 is 0 Å². The van der Waals surface area contributed by atoms with Crippen LogP contribution in [0, 0.1) is 0 Å². The fourth-order valence-corrected chi connectivity index (χ4v) is 1.33. The summed E-state index contributed by atoms with van der Waals surface area (Å²) in [6, 6.07) is 0. The van der Waals surface area contributed by atoms with E-state index in [-0.39, 0.29) is 25.6 Å². The van der Waals surface area contributed by atoms with Crippen molar-refractivity contribution < 1.29 is 18.4 Å². The second-order valence-corrected chi connectivity index (χ2v) is 4.05. The maximum absolute atomic E-state index is 12.3. The summed E-state index contributed by atoms with van der Waals surface area (Å²) >= 11 is 0. The van der Waals surface area contributed by atoms with E-state index in [9.17, 15) is 8.78 Å². The lowest BCUT2D eigenvalue weighted by atomic mass is 10.2. The van der Waals surface area contributed by atoms with Crippen molar-refractivity contribution >= 4 is 0 Å². The van der Waals surface area contributed by atoms with Crippen LogP contribution in [0.1, 0.15) is 31.5 Å². The zero-order valence-electron chi connectivity index (χ0n) is 9.94. The van der Waals surface area contributed by atoms with Gasteiger partial charge in [0, 0.05) is 12.5 Å². The SMILES string of the molecule is CC(C)c1noc(CN(CCO)CC(F)F)n1. The van der Waals surface area contributed by atoms with Crippen molar-refractivity contribution in [1.29, 1.82) is 0 Å². The van der Waals surface area contributed by atoms with Gasteiger partial charge in [-0.05, 0) is 0 Å². The molecule has 1 heterocycles. The number of aromatic nitrogens is 2. The minimum Gasteiger partial charge on any atom is -0.395 e. The maximum atomic E-state index is 12.3. The van der Waals surface area contributed by atoms with Gasteiger partial charge >= 0.3 is 0 Å². The molecule has 1 N–H and O–H groups in total. The molecule has 0 saturated carbocycles. The van der Waals surface area contributed by atoms with Crippen LogP contribution < -0.4 is 0 Å². The van der Waals surface area contributed by atoms with E-state index in [4.69, 9.17) is 9.63 Å². The number of nitrogens with zero attached hydrogens (tertiary/aromatic N) is 3. The first-order chi connectivity index (χ1) is 8.02. The molecule has 17 heavy (non-hydrogen) atoms. The van der Waals surface area contributed by atoms with Gasteiger partial charge in [-0.1, -0.05) is 19.0 Å². The van der Waals surface area contributed by atoms with E-state index in [0.717, 1.165) is 0 Å². The van der Waals surface area contributed by atoms with Crippen LogP contribution in [0.25, 0.3) is 0 Å². The van der Waals surface area contributed by atoms with Gasteiger partial charge in [0.05, 0.1) is 19.7 Å². The number of rotatable bonds is 7. The van der Waals surface area contributed by atoms with Crippen molar-refractivity contribution in [1.82, 2.24) is 15.0 Å². The van der Waals surface area contributed by atoms with Gasteiger partial charge in [-0.2, -0.15) is 4.98 Å². The molecule has 0 spiro atoms. The average molecular weight is 249 g/mol. The standard InChI is InChI=1S/C10H17F2N3O2/c1-7(2)10-13-9(17-14-10)6-15(3-4-16)5-8(11)12/h7-8,16H,3-6H2,1-2H3. The van der Waals surface area contributed by atoms with Gasteiger partial charge in [-0.25, -0.2) is 8.78 Å². The van der Waals surface area contributed by atoms with Gasteiger partial charge < -0.3 is 9.63 Å². The molecule has 1 rings (SSSR count). The molecule has 0 amide bonds. The Morgan fingerprint density at radius 3 is 2.59 bits per heavy atom. The Hall–Kier alpha value is -1.08. The highest BCUT2D eigenvalue weighted by molar-refractivity contribution is 4.91. The summed E-state index contributed by atoms with van der Waals surface area (Å²) in [5, 5.41) is 12.5. The third-order valence-electron chi connectivity index (χ3n) is 2.17. The number of alkyl halides is 2. The highest BCUT2D eigenvalue weighted by Gasteiger charge is 2.16. The Kier molecular flexibility index (Phi) is 5.43. The molecule has 0 atom stereocenters. The summed E-state index contributed by atoms with van der Waals surface area (Å²) in [6.07, 6.45) is -2.45. The van der Waals surface area contributed by atoms with E-state index in [0.29, 0.717) is 11.7 Å². The van der Waals surface area contributed by atoms with Crippen LogP contribution in [0.2, 0.25) is 0 Å². The van der Waals surface area contributed by atoms with Gasteiger partial charge in [0.1, 0.15) is 0 Å². The molecule has 0 aliphatic heterocycles. The average Bonchev–Trinajstić information content (AvgIpc) is 2.65. The van der Waals surface area contributed by atoms with Crippen molar-refractivity contribution in [3.8, 4) is 0 Å². The normalized spacial score (nSPS) is 12.0. The van der Waals surface area contributed by atoms with Crippen LogP contribution in [-0.2, 0) is 6.54 Å². The Morgan fingerprint density at radius 1 is 1.41 bits per heavy atom. The third kappa shape index (κ3) is 4.74. The Labute approximate surface area is 98.4 Å². The fourth-order valence-electron chi connectivity index (χ4n) is 1.33. The van der Waals surface area contributed by atoms with E-state index in [1.807, 2.05) is 13.8 Å². The monoisotopic (exact) mass is 249 g/mol.